The predicted octanol–water partition coefficient (Wildman–Crippen LogP) is 3.18. The van der Waals surface area contributed by atoms with Crippen molar-refractivity contribution in [3.63, 3.8) is 0 Å². The van der Waals surface area contributed by atoms with Crippen molar-refractivity contribution in [3.05, 3.63) is 35.0 Å². The third-order valence-electron chi connectivity index (χ3n) is 4.05. The third-order valence-corrected chi connectivity index (χ3v) is 4.70. The van der Waals surface area contributed by atoms with Gasteiger partial charge in [-0.1, -0.05) is 35.8 Å². The first-order valence-electron chi connectivity index (χ1n) is 6.63. The Hall–Kier alpha value is -1.33. The number of carboxylic acid groups (broad SMARTS) is 1. The molecule has 106 valence electrons. The van der Waals surface area contributed by atoms with Gasteiger partial charge in [0.15, 0.2) is 0 Å². The number of halogens is 1. The van der Waals surface area contributed by atoms with Crippen molar-refractivity contribution in [2.24, 2.45) is 0 Å². The van der Waals surface area contributed by atoms with Crippen molar-refractivity contribution in [2.45, 2.75) is 25.3 Å². The van der Waals surface area contributed by atoms with E-state index in [-0.39, 0.29) is 11.5 Å². The molecule has 0 fully saturated rings. The SMILES string of the molecule is CC1(C)CNC(CBr)c2[nH]c3cccc(C(=O)O)c3c21. The number of carboxylic acids is 1. The largest absolute Gasteiger partial charge is 0.478 e. The van der Waals surface area contributed by atoms with Crippen molar-refractivity contribution >= 4 is 32.8 Å². The van der Waals surface area contributed by atoms with Gasteiger partial charge < -0.3 is 15.4 Å². The number of aromatic carboxylic acids is 1. The zero-order valence-electron chi connectivity index (χ0n) is 11.5. The minimum Gasteiger partial charge on any atom is -0.478 e. The first kappa shape index (κ1) is 13.6. The van der Waals surface area contributed by atoms with Gasteiger partial charge in [-0.15, -0.1) is 0 Å². The van der Waals surface area contributed by atoms with Crippen LogP contribution in [0.3, 0.4) is 0 Å². The van der Waals surface area contributed by atoms with Gasteiger partial charge in [-0.05, 0) is 17.7 Å². The molecule has 3 rings (SSSR count). The summed E-state index contributed by atoms with van der Waals surface area (Å²) in [5.41, 5.74) is 3.41. The zero-order chi connectivity index (χ0) is 14.5. The van der Waals surface area contributed by atoms with E-state index in [2.05, 4.69) is 40.1 Å². The van der Waals surface area contributed by atoms with Crippen LogP contribution in [0.1, 0.15) is 41.5 Å². The van der Waals surface area contributed by atoms with E-state index in [1.807, 2.05) is 6.07 Å². The van der Waals surface area contributed by atoms with Crippen LogP contribution in [0, 0.1) is 0 Å². The molecule has 1 aliphatic rings. The molecule has 0 bridgehead atoms. The molecule has 0 saturated heterocycles. The van der Waals surface area contributed by atoms with Crippen LogP contribution >= 0.6 is 15.9 Å². The highest BCUT2D eigenvalue weighted by atomic mass is 79.9. The monoisotopic (exact) mass is 336 g/mol. The van der Waals surface area contributed by atoms with Crippen molar-refractivity contribution < 1.29 is 9.90 Å². The first-order chi connectivity index (χ1) is 9.45. The van der Waals surface area contributed by atoms with Crippen molar-refractivity contribution in [3.8, 4) is 0 Å². The molecule has 1 aliphatic heterocycles. The number of carbonyl (C=O) groups is 1. The van der Waals surface area contributed by atoms with Gasteiger partial charge in [0, 0.05) is 33.9 Å². The molecule has 4 nitrogen and oxygen atoms in total. The van der Waals surface area contributed by atoms with Gasteiger partial charge in [0.25, 0.3) is 0 Å². The Bertz CT molecular complexity index is 690. The van der Waals surface area contributed by atoms with Crippen LogP contribution < -0.4 is 5.32 Å². The average molecular weight is 337 g/mol. The van der Waals surface area contributed by atoms with E-state index < -0.39 is 5.97 Å². The molecule has 0 spiro atoms. The summed E-state index contributed by atoms with van der Waals surface area (Å²) in [6.45, 7) is 5.13. The molecule has 0 aliphatic carbocycles. The van der Waals surface area contributed by atoms with E-state index in [1.165, 1.54) is 0 Å². The number of alkyl halides is 1. The van der Waals surface area contributed by atoms with E-state index in [1.54, 1.807) is 12.1 Å². The van der Waals surface area contributed by atoms with Gasteiger partial charge in [-0.3, -0.25) is 0 Å². The molecular weight excluding hydrogens is 320 g/mol. The predicted molar refractivity (Wildman–Crippen MR) is 82.8 cm³/mol. The van der Waals surface area contributed by atoms with E-state index in [0.29, 0.717) is 5.56 Å². The fraction of sp³-hybridized carbons (Fsp3) is 0.400. The maximum Gasteiger partial charge on any atom is 0.336 e. The quantitative estimate of drug-likeness (QED) is 0.738. The molecule has 5 heteroatoms. The summed E-state index contributed by atoms with van der Waals surface area (Å²) in [6.07, 6.45) is 0. The van der Waals surface area contributed by atoms with Gasteiger partial charge in [0.2, 0.25) is 0 Å². The number of hydrogen-bond donors (Lipinski definition) is 3. The molecule has 0 amide bonds. The maximum atomic E-state index is 11.5. The summed E-state index contributed by atoms with van der Waals surface area (Å²) < 4.78 is 0. The lowest BCUT2D eigenvalue weighted by Gasteiger charge is -2.35. The van der Waals surface area contributed by atoms with E-state index >= 15 is 0 Å². The molecule has 0 radical (unpaired) electrons. The maximum absolute atomic E-state index is 11.5. The number of nitrogens with one attached hydrogen (secondary N) is 2. The molecule has 2 heterocycles. The minimum absolute atomic E-state index is 0.0994. The van der Waals surface area contributed by atoms with Gasteiger partial charge in [0.05, 0.1) is 11.6 Å². The first-order valence-corrected chi connectivity index (χ1v) is 7.75. The van der Waals surface area contributed by atoms with Crippen LogP contribution in [-0.4, -0.2) is 27.9 Å². The minimum atomic E-state index is -0.873. The summed E-state index contributed by atoms with van der Waals surface area (Å²) in [7, 11) is 0. The zero-order valence-corrected chi connectivity index (χ0v) is 13.0. The Balaban J connectivity index is 2.40. The standard InChI is InChI=1S/C15H17BrN2O2/c1-15(2)7-17-10(6-16)13-12(15)11-8(14(19)20)4-3-5-9(11)18-13/h3-5,10,17-18H,6-7H2,1-2H3,(H,19,20). The van der Waals surface area contributed by atoms with Gasteiger partial charge >= 0.3 is 5.97 Å². The summed E-state index contributed by atoms with van der Waals surface area (Å²) in [6, 6.07) is 5.60. The van der Waals surface area contributed by atoms with Crippen LogP contribution in [0.4, 0.5) is 0 Å². The van der Waals surface area contributed by atoms with Crippen LogP contribution in [0.2, 0.25) is 0 Å². The lowest BCUT2D eigenvalue weighted by molar-refractivity contribution is 0.0699. The van der Waals surface area contributed by atoms with Gasteiger partial charge in [-0.25, -0.2) is 4.79 Å². The van der Waals surface area contributed by atoms with E-state index in [0.717, 1.165) is 34.0 Å². The summed E-state index contributed by atoms with van der Waals surface area (Å²) in [4.78, 5) is 14.9. The highest BCUT2D eigenvalue weighted by Gasteiger charge is 2.36. The van der Waals surface area contributed by atoms with Crippen molar-refractivity contribution in [1.29, 1.82) is 0 Å². The second-order valence-electron chi connectivity index (χ2n) is 5.92. The van der Waals surface area contributed by atoms with Crippen molar-refractivity contribution in [2.75, 3.05) is 11.9 Å². The smallest absolute Gasteiger partial charge is 0.336 e. The number of aromatic amines is 1. The normalized spacial score (nSPS) is 20.9. The fourth-order valence-corrected chi connectivity index (χ4v) is 3.66. The molecule has 1 atom stereocenters. The molecule has 1 aromatic carbocycles. The number of aromatic nitrogens is 1. The lowest BCUT2D eigenvalue weighted by Crippen LogP contribution is -2.42. The number of rotatable bonds is 2. The summed E-state index contributed by atoms with van der Waals surface area (Å²) in [5.74, 6) is -0.873. The Kier molecular flexibility index (Phi) is 3.14. The lowest BCUT2D eigenvalue weighted by atomic mass is 9.78. The molecule has 1 unspecified atom stereocenters. The molecule has 3 N–H and O–H groups in total. The Morgan fingerprint density at radius 3 is 2.90 bits per heavy atom. The number of H-pyrrole nitrogens is 1. The van der Waals surface area contributed by atoms with Gasteiger partial charge in [-0.2, -0.15) is 0 Å². The Morgan fingerprint density at radius 2 is 2.25 bits per heavy atom. The topological polar surface area (TPSA) is 65.1 Å². The van der Waals surface area contributed by atoms with Gasteiger partial charge in [0.1, 0.15) is 0 Å². The molecular formula is C15H17BrN2O2. The van der Waals surface area contributed by atoms with Crippen LogP contribution in [0.25, 0.3) is 10.9 Å². The summed E-state index contributed by atoms with van der Waals surface area (Å²) >= 11 is 3.52. The third kappa shape index (κ3) is 1.88. The molecule has 0 saturated carbocycles. The number of fused-ring (bicyclic) bond motifs is 3. The second-order valence-corrected chi connectivity index (χ2v) is 6.57. The van der Waals surface area contributed by atoms with Crippen LogP contribution in [0.15, 0.2) is 18.2 Å². The summed E-state index contributed by atoms with van der Waals surface area (Å²) in [5, 5.41) is 14.6. The van der Waals surface area contributed by atoms with E-state index in [9.17, 15) is 9.90 Å². The second kappa shape index (κ2) is 4.60. The van der Waals surface area contributed by atoms with Crippen molar-refractivity contribution in [1.82, 2.24) is 10.3 Å². The Labute approximate surface area is 125 Å². The number of benzene rings is 1. The Morgan fingerprint density at radius 1 is 1.50 bits per heavy atom. The highest BCUT2D eigenvalue weighted by molar-refractivity contribution is 9.09. The fourth-order valence-electron chi connectivity index (χ4n) is 3.11. The highest BCUT2D eigenvalue weighted by Crippen LogP contribution is 2.41. The molecule has 2 aromatic rings. The molecule has 20 heavy (non-hydrogen) atoms. The average Bonchev–Trinajstić information content (AvgIpc) is 2.78. The van der Waals surface area contributed by atoms with Crippen LogP contribution in [0.5, 0.6) is 0 Å². The van der Waals surface area contributed by atoms with E-state index in [4.69, 9.17) is 0 Å². The van der Waals surface area contributed by atoms with Crippen LogP contribution in [-0.2, 0) is 5.41 Å². The molecule has 1 aromatic heterocycles. The number of hydrogen-bond acceptors (Lipinski definition) is 2.